The average Bonchev–Trinajstić information content (AvgIpc) is 2.84. The van der Waals surface area contributed by atoms with Crippen LogP contribution in [0.15, 0.2) is 66.9 Å². The highest BCUT2D eigenvalue weighted by atomic mass is 35.5. The van der Waals surface area contributed by atoms with E-state index >= 15 is 0 Å². The minimum atomic E-state index is -0.908. The molecule has 1 amide bonds. The van der Waals surface area contributed by atoms with Gasteiger partial charge in [-0.1, -0.05) is 47.5 Å². The van der Waals surface area contributed by atoms with Gasteiger partial charge < -0.3 is 20.1 Å². The number of anilines is 1. The Labute approximate surface area is 208 Å². The summed E-state index contributed by atoms with van der Waals surface area (Å²) in [6.07, 6.45) is 2.77. The van der Waals surface area contributed by atoms with Gasteiger partial charge in [0, 0.05) is 19.2 Å². The number of benzene rings is 2. The van der Waals surface area contributed by atoms with Gasteiger partial charge in [-0.05, 0) is 48.4 Å². The molecule has 34 heavy (non-hydrogen) atoms. The van der Waals surface area contributed by atoms with Crippen molar-refractivity contribution in [1.82, 2.24) is 10.3 Å². The number of hydrogen-bond acceptors (Lipinski definition) is 6. The van der Waals surface area contributed by atoms with Crippen molar-refractivity contribution in [2.75, 3.05) is 25.6 Å². The largest absolute Gasteiger partial charge is 0.494 e. The van der Waals surface area contributed by atoms with E-state index < -0.39 is 17.9 Å². The molecular weight excluding hydrogens is 477 g/mol. The van der Waals surface area contributed by atoms with E-state index in [9.17, 15) is 9.59 Å². The number of nitrogens with zero attached hydrogens (tertiary/aromatic N) is 1. The summed E-state index contributed by atoms with van der Waals surface area (Å²) < 4.78 is 10.6. The zero-order valence-electron chi connectivity index (χ0n) is 18.6. The summed E-state index contributed by atoms with van der Waals surface area (Å²) in [6, 6.07) is 16.9. The molecular formula is C25H25Cl2N3O4. The molecule has 0 spiro atoms. The number of hydrogen-bond donors (Lipinski definition) is 2. The van der Waals surface area contributed by atoms with E-state index in [1.54, 1.807) is 24.4 Å². The fourth-order valence-electron chi connectivity index (χ4n) is 3.18. The normalized spacial score (nSPS) is 11.4. The van der Waals surface area contributed by atoms with Gasteiger partial charge in [0.25, 0.3) is 5.91 Å². The molecule has 0 saturated heterocycles. The van der Waals surface area contributed by atoms with Gasteiger partial charge in [0.05, 0.1) is 29.3 Å². The summed E-state index contributed by atoms with van der Waals surface area (Å²) in [6.45, 7) is 1.28. The first-order valence-electron chi connectivity index (χ1n) is 10.7. The van der Waals surface area contributed by atoms with E-state index in [0.717, 1.165) is 24.3 Å². The summed E-state index contributed by atoms with van der Waals surface area (Å²) >= 11 is 12.2. The zero-order chi connectivity index (χ0) is 24.3. The highest BCUT2D eigenvalue weighted by Crippen LogP contribution is 2.24. The van der Waals surface area contributed by atoms with E-state index in [-0.39, 0.29) is 22.0 Å². The highest BCUT2D eigenvalue weighted by Gasteiger charge is 2.25. The molecule has 0 saturated carbocycles. The van der Waals surface area contributed by atoms with Crippen LogP contribution in [-0.2, 0) is 16.0 Å². The molecule has 1 atom stereocenters. The van der Waals surface area contributed by atoms with Crippen LogP contribution >= 0.6 is 23.2 Å². The molecule has 0 aliphatic heterocycles. The van der Waals surface area contributed by atoms with Crippen LogP contribution in [0.25, 0.3) is 0 Å². The quantitative estimate of drug-likeness (QED) is 0.290. The number of rotatable bonds is 11. The SMILES string of the molecule is COC(=O)[C@H](Cc1ccc(OCCCNc2ccccn2)cc1)NC(=O)c1c(Cl)cccc1Cl. The van der Waals surface area contributed by atoms with E-state index in [0.29, 0.717) is 12.4 Å². The van der Waals surface area contributed by atoms with E-state index in [1.165, 1.54) is 7.11 Å². The second kappa shape index (κ2) is 12.8. The van der Waals surface area contributed by atoms with Crippen LogP contribution in [0.4, 0.5) is 5.82 Å². The molecule has 0 aliphatic carbocycles. The lowest BCUT2D eigenvalue weighted by atomic mass is 10.0. The number of ether oxygens (including phenoxy) is 2. The van der Waals surface area contributed by atoms with Crippen LogP contribution in [0.3, 0.4) is 0 Å². The number of carbonyl (C=O) groups excluding carboxylic acids is 2. The average molecular weight is 502 g/mol. The van der Waals surface area contributed by atoms with Crippen molar-refractivity contribution in [3.05, 3.63) is 88.0 Å². The molecule has 3 rings (SSSR count). The Kier molecular flexibility index (Phi) is 9.55. The topological polar surface area (TPSA) is 89.6 Å². The van der Waals surface area contributed by atoms with Gasteiger partial charge >= 0.3 is 5.97 Å². The number of nitrogens with one attached hydrogen (secondary N) is 2. The molecule has 0 bridgehead atoms. The van der Waals surface area contributed by atoms with Crippen molar-refractivity contribution in [2.45, 2.75) is 18.9 Å². The Bertz CT molecular complexity index is 1070. The van der Waals surface area contributed by atoms with Crippen molar-refractivity contribution in [2.24, 2.45) is 0 Å². The van der Waals surface area contributed by atoms with Crippen molar-refractivity contribution in [1.29, 1.82) is 0 Å². The number of amides is 1. The standard InChI is InChI=1S/C25H25Cl2N3O4/c1-33-25(32)21(30-24(31)23-19(26)6-4-7-20(23)27)16-17-9-11-18(12-10-17)34-15-5-14-29-22-8-2-3-13-28-22/h2-4,6-13,21H,5,14-16H2,1H3,(H,28,29)(H,30,31)/t21-/m0/s1. The molecule has 0 aliphatic rings. The molecule has 0 radical (unpaired) electrons. The van der Waals surface area contributed by atoms with Crippen molar-refractivity contribution in [3.63, 3.8) is 0 Å². The third-order valence-electron chi connectivity index (χ3n) is 4.90. The number of methoxy groups -OCH3 is 1. The van der Waals surface area contributed by atoms with E-state index in [1.807, 2.05) is 42.5 Å². The summed E-state index contributed by atoms with van der Waals surface area (Å²) in [5.41, 5.74) is 0.936. The number of aromatic nitrogens is 1. The van der Waals surface area contributed by atoms with Crippen LogP contribution in [0.2, 0.25) is 10.0 Å². The Morgan fingerprint density at radius 1 is 1.00 bits per heavy atom. The molecule has 1 heterocycles. The Balaban J connectivity index is 1.52. The predicted molar refractivity (Wildman–Crippen MR) is 133 cm³/mol. The first-order chi connectivity index (χ1) is 16.5. The van der Waals surface area contributed by atoms with Crippen LogP contribution in [0, 0.1) is 0 Å². The van der Waals surface area contributed by atoms with Gasteiger partial charge in [0.2, 0.25) is 0 Å². The second-order valence-electron chi connectivity index (χ2n) is 7.34. The fraction of sp³-hybridized carbons (Fsp3) is 0.240. The van der Waals surface area contributed by atoms with Gasteiger partial charge in [-0.15, -0.1) is 0 Å². The van der Waals surface area contributed by atoms with Crippen LogP contribution in [0.1, 0.15) is 22.3 Å². The first kappa shape index (κ1) is 25.3. The molecule has 1 aromatic heterocycles. The zero-order valence-corrected chi connectivity index (χ0v) is 20.1. The smallest absolute Gasteiger partial charge is 0.328 e. The number of pyridine rings is 1. The monoisotopic (exact) mass is 501 g/mol. The minimum absolute atomic E-state index is 0.112. The summed E-state index contributed by atoms with van der Waals surface area (Å²) in [5.74, 6) is 0.418. The summed E-state index contributed by atoms with van der Waals surface area (Å²) in [5, 5.41) is 6.29. The minimum Gasteiger partial charge on any atom is -0.494 e. The number of halogens is 2. The van der Waals surface area contributed by atoms with Crippen molar-refractivity contribution < 1.29 is 19.1 Å². The maximum atomic E-state index is 12.7. The molecule has 0 unspecified atom stereocenters. The lowest BCUT2D eigenvalue weighted by Crippen LogP contribution is -2.43. The maximum absolute atomic E-state index is 12.7. The van der Waals surface area contributed by atoms with Gasteiger partial charge in [0.15, 0.2) is 0 Å². The first-order valence-corrected chi connectivity index (χ1v) is 11.4. The Morgan fingerprint density at radius 3 is 2.38 bits per heavy atom. The lowest BCUT2D eigenvalue weighted by molar-refractivity contribution is -0.142. The molecule has 9 heteroatoms. The third kappa shape index (κ3) is 7.37. The number of esters is 1. The Morgan fingerprint density at radius 2 is 1.74 bits per heavy atom. The van der Waals surface area contributed by atoms with Crippen LogP contribution in [-0.4, -0.2) is 43.2 Å². The van der Waals surface area contributed by atoms with E-state index in [4.69, 9.17) is 32.7 Å². The van der Waals surface area contributed by atoms with Crippen molar-refractivity contribution in [3.8, 4) is 5.75 Å². The molecule has 2 aromatic carbocycles. The fourth-order valence-corrected chi connectivity index (χ4v) is 3.75. The third-order valence-corrected chi connectivity index (χ3v) is 5.53. The van der Waals surface area contributed by atoms with Gasteiger partial charge in [-0.3, -0.25) is 4.79 Å². The van der Waals surface area contributed by atoms with Crippen LogP contribution in [0.5, 0.6) is 5.75 Å². The predicted octanol–water partition coefficient (Wildman–Crippen LogP) is 4.78. The summed E-state index contributed by atoms with van der Waals surface area (Å²) in [4.78, 5) is 29.2. The van der Waals surface area contributed by atoms with E-state index in [2.05, 4.69) is 15.6 Å². The maximum Gasteiger partial charge on any atom is 0.328 e. The molecule has 2 N–H and O–H groups in total. The Hall–Kier alpha value is -3.29. The van der Waals surface area contributed by atoms with Gasteiger partial charge in [0.1, 0.15) is 17.6 Å². The second-order valence-corrected chi connectivity index (χ2v) is 8.15. The van der Waals surface area contributed by atoms with Crippen LogP contribution < -0.4 is 15.4 Å². The molecule has 178 valence electrons. The molecule has 0 fully saturated rings. The highest BCUT2D eigenvalue weighted by molar-refractivity contribution is 6.39. The lowest BCUT2D eigenvalue weighted by Gasteiger charge is -2.18. The molecule has 7 nitrogen and oxygen atoms in total. The summed E-state index contributed by atoms with van der Waals surface area (Å²) in [7, 11) is 1.27. The van der Waals surface area contributed by atoms with Crippen molar-refractivity contribution >= 4 is 40.9 Å². The van der Waals surface area contributed by atoms with Gasteiger partial charge in [-0.2, -0.15) is 0 Å². The van der Waals surface area contributed by atoms with Gasteiger partial charge in [-0.25, -0.2) is 9.78 Å². The molecule has 3 aromatic rings. The number of carbonyl (C=O) groups is 2.